The molecule has 15 heavy (non-hydrogen) atoms. The van der Waals surface area contributed by atoms with Crippen molar-refractivity contribution in [3.63, 3.8) is 0 Å². The van der Waals surface area contributed by atoms with Crippen LogP contribution in [0.15, 0.2) is 17.0 Å². The van der Waals surface area contributed by atoms with Gasteiger partial charge in [-0.1, -0.05) is 0 Å². The first-order valence-electron chi connectivity index (χ1n) is 4.68. The molecule has 2 N–H and O–H groups in total. The van der Waals surface area contributed by atoms with E-state index in [0.29, 0.717) is 29.9 Å². The second-order valence-electron chi connectivity index (χ2n) is 3.51. The molecule has 0 saturated carbocycles. The van der Waals surface area contributed by atoms with Crippen LogP contribution in [0.1, 0.15) is 6.42 Å². The first kappa shape index (κ1) is 10.5. The van der Waals surface area contributed by atoms with Crippen molar-refractivity contribution in [2.75, 3.05) is 18.0 Å². The molecular weight excluding hydrogens is 260 g/mol. The van der Waals surface area contributed by atoms with E-state index in [0.717, 1.165) is 0 Å². The van der Waals surface area contributed by atoms with Crippen molar-refractivity contribution in [1.29, 1.82) is 0 Å². The van der Waals surface area contributed by atoms with Crippen LogP contribution in [0.25, 0.3) is 0 Å². The molecular formula is C9H11BrN4O. The monoisotopic (exact) mass is 270 g/mol. The van der Waals surface area contributed by atoms with Crippen molar-refractivity contribution in [3.05, 3.63) is 17.0 Å². The summed E-state index contributed by atoms with van der Waals surface area (Å²) in [6, 6.07) is 1.73. The maximum atomic E-state index is 11.6. The summed E-state index contributed by atoms with van der Waals surface area (Å²) in [5.74, 6) is 0.958. The Balaban J connectivity index is 2.21. The van der Waals surface area contributed by atoms with Gasteiger partial charge in [-0.3, -0.25) is 9.69 Å². The van der Waals surface area contributed by atoms with Crippen LogP contribution in [0.3, 0.4) is 0 Å². The zero-order chi connectivity index (χ0) is 10.8. The third-order valence-electron chi connectivity index (χ3n) is 2.43. The highest BCUT2D eigenvalue weighted by Crippen LogP contribution is 2.23. The van der Waals surface area contributed by atoms with E-state index in [4.69, 9.17) is 5.73 Å². The second kappa shape index (κ2) is 4.24. The molecule has 1 saturated heterocycles. The highest BCUT2D eigenvalue weighted by molar-refractivity contribution is 9.10. The summed E-state index contributed by atoms with van der Waals surface area (Å²) in [4.78, 5) is 21.3. The van der Waals surface area contributed by atoms with Gasteiger partial charge in [0, 0.05) is 19.0 Å². The zero-order valence-corrected chi connectivity index (χ0v) is 9.64. The zero-order valence-electron chi connectivity index (χ0n) is 8.06. The Morgan fingerprint density at radius 3 is 3.00 bits per heavy atom. The van der Waals surface area contributed by atoms with Crippen LogP contribution in [-0.2, 0) is 4.79 Å². The smallest absolute Gasteiger partial charge is 0.228 e. The quantitative estimate of drug-likeness (QED) is 0.797. The fourth-order valence-corrected chi connectivity index (χ4v) is 1.93. The molecule has 6 heteroatoms. The lowest BCUT2D eigenvalue weighted by Crippen LogP contribution is -2.26. The molecule has 5 nitrogen and oxygen atoms in total. The SMILES string of the molecule is NCC1CC(=O)N(c2cc(Br)ncn2)C1. The largest absolute Gasteiger partial charge is 0.330 e. The molecule has 2 heterocycles. The summed E-state index contributed by atoms with van der Waals surface area (Å²) in [6.45, 7) is 1.19. The Morgan fingerprint density at radius 2 is 2.40 bits per heavy atom. The van der Waals surface area contributed by atoms with Gasteiger partial charge in [-0.05, 0) is 28.4 Å². The number of amides is 1. The highest BCUT2D eigenvalue weighted by Gasteiger charge is 2.30. The minimum absolute atomic E-state index is 0.0797. The number of anilines is 1. The first-order chi connectivity index (χ1) is 7.20. The standard InChI is InChI=1S/C9H11BrN4O/c10-7-2-8(13-5-12-7)14-4-6(3-11)1-9(14)15/h2,5-6H,1,3-4,11H2. The van der Waals surface area contributed by atoms with Gasteiger partial charge >= 0.3 is 0 Å². The average molecular weight is 271 g/mol. The van der Waals surface area contributed by atoms with Gasteiger partial charge in [0.15, 0.2) is 0 Å². The molecule has 1 aromatic rings. The molecule has 1 aromatic heterocycles. The number of aromatic nitrogens is 2. The molecule has 2 rings (SSSR count). The van der Waals surface area contributed by atoms with Crippen LogP contribution in [0.2, 0.25) is 0 Å². The van der Waals surface area contributed by atoms with Crippen molar-refractivity contribution in [3.8, 4) is 0 Å². The number of nitrogens with two attached hydrogens (primary N) is 1. The Kier molecular flexibility index (Phi) is 2.97. The van der Waals surface area contributed by atoms with E-state index < -0.39 is 0 Å². The van der Waals surface area contributed by atoms with Gasteiger partial charge in [-0.2, -0.15) is 0 Å². The molecule has 1 amide bonds. The number of rotatable bonds is 2. The lowest BCUT2D eigenvalue weighted by atomic mass is 10.1. The molecule has 1 unspecified atom stereocenters. The van der Waals surface area contributed by atoms with Crippen LogP contribution in [-0.4, -0.2) is 29.0 Å². The summed E-state index contributed by atoms with van der Waals surface area (Å²) < 4.78 is 0.677. The molecule has 0 aliphatic carbocycles. The van der Waals surface area contributed by atoms with Crippen LogP contribution < -0.4 is 10.6 Å². The average Bonchev–Trinajstić information content (AvgIpc) is 2.60. The van der Waals surface area contributed by atoms with Gasteiger partial charge in [-0.25, -0.2) is 9.97 Å². The van der Waals surface area contributed by atoms with Crippen molar-refractivity contribution in [2.45, 2.75) is 6.42 Å². The molecule has 0 aromatic carbocycles. The number of hydrogen-bond donors (Lipinski definition) is 1. The Bertz CT molecular complexity index is 384. The molecule has 0 radical (unpaired) electrons. The maximum absolute atomic E-state index is 11.6. The fraction of sp³-hybridized carbons (Fsp3) is 0.444. The Morgan fingerprint density at radius 1 is 1.60 bits per heavy atom. The van der Waals surface area contributed by atoms with Gasteiger partial charge in [0.05, 0.1) is 0 Å². The molecule has 1 aliphatic heterocycles. The van der Waals surface area contributed by atoms with Crippen LogP contribution in [0, 0.1) is 5.92 Å². The van der Waals surface area contributed by atoms with Crippen molar-refractivity contribution >= 4 is 27.7 Å². The lowest BCUT2D eigenvalue weighted by Gasteiger charge is -2.14. The highest BCUT2D eigenvalue weighted by atomic mass is 79.9. The van der Waals surface area contributed by atoms with E-state index in [2.05, 4.69) is 25.9 Å². The van der Waals surface area contributed by atoms with Crippen molar-refractivity contribution < 1.29 is 4.79 Å². The fourth-order valence-electron chi connectivity index (χ4n) is 1.63. The van der Waals surface area contributed by atoms with Crippen LogP contribution >= 0.6 is 15.9 Å². The van der Waals surface area contributed by atoms with Gasteiger partial charge in [0.2, 0.25) is 5.91 Å². The summed E-state index contributed by atoms with van der Waals surface area (Å²) in [6.07, 6.45) is 1.95. The predicted octanol–water partition coefficient (Wildman–Crippen LogP) is 0.551. The molecule has 80 valence electrons. The van der Waals surface area contributed by atoms with Gasteiger partial charge < -0.3 is 5.73 Å². The molecule has 0 spiro atoms. The van der Waals surface area contributed by atoms with Crippen LogP contribution in [0.5, 0.6) is 0 Å². The van der Waals surface area contributed by atoms with Gasteiger partial charge in [-0.15, -0.1) is 0 Å². The van der Waals surface area contributed by atoms with E-state index in [1.165, 1.54) is 6.33 Å². The number of halogens is 1. The van der Waals surface area contributed by atoms with E-state index in [9.17, 15) is 4.79 Å². The molecule has 1 aliphatic rings. The molecule has 1 atom stereocenters. The topological polar surface area (TPSA) is 72.1 Å². The van der Waals surface area contributed by atoms with Gasteiger partial charge in [0.25, 0.3) is 0 Å². The summed E-state index contributed by atoms with van der Waals surface area (Å²) in [5.41, 5.74) is 5.55. The van der Waals surface area contributed by atoms with Gasteiger partial charge in [0.1, 0.15) is 16.7 Å². The Hall–Kier alpha value is -1.01. The number of carbonyl (C=O) groups excluding carboxylic acids is 1. The van der Waals surface area contributed by atoms with E-state index >= 15 is 0 Å². The molecule has 1 fully saturated rings. The normalized spacial score (nSPS) is 21.1. The molecule has 0 bridgehead atoms. The minimum atomic E-state index is 0.0797. The maximum Gasteiger partial charge on any atom is 0.228 e. The number of hydrogen-bond acceptors (Lipinski definition) is 4. The van der Waals surface area contributed by atoms with E-state index in [1.807, 2.05) is 0 Å². The minimum Gasteiger partial charge on any atom is -0.330 e. The van der Waals surface area contributed by atoms with E-state index in [-0.39, 0.29) is 11.8 Å². The van der Waals surface area contributed by atoms with E-state index in [1.54, 1.807) is 11.0 Å². The van der Waals surface area contributed by atoms with Crippen LogP contribution in [0.4, 0.5) is 5.82 Å². The second-order valence-corrected chi connectivity index (χ2v) is 4.32. The predicted molar refractivity (Wildman–Crippen MR) is 59.2 cm³/mol. The summed E-state index contributed by atoms with van der Waals surface area (Å²) in [5, 5.41) is 0. The Labute approximate surface area is 95.8 Å². The summed E-state index contributed by atoms with van der Waals surface area (Å²) in [7, 11) is 0. The lowest BCUT2D eigenvalue weighted by molar-refractivity contribution is -0.117. The van der Waals surface area contributed by atoms with Crippen molar-refractivity contribution in [1.82, 2.24) is 9.97 Å². The number of carbonyl (C=O) groups is 1. The summed E-state index contributed by atoms with van der Waals surface area (Å²) >= 11 is 3.25. The first-order valence-corrected chi connectivity index (χ1v) is 5.48. The third-order valence-corrected chi connectivity index (χ3v) is 2.87. The van der Waals surface area contributed by atoms with Crippen molar-refractivity contribution in [2.24, 2.45) is 11.7 Å². The number of nitrogens with zero attached hydrogens (tertiary/aromatic N) is 3. The third kappa shape index (κ3) is 2.15.